The third-order valence-electron chi connectivity index (χ3n) is 3.82. The lowest BCUT2D eigenvalue weighted by Gasteiger charge is -2.34. The van der Waals surface area contributed by atoms with E-state index in [9.17, 15) is 0 Å². The Kier molecular flexibility index (Phi) is 5.70. The van der Waals surface area contributed by atoms with Gasteiger partial charge in [0.05, 0.1) is 6.04 Å². The summed E-state index contributed by atoms with van der Waals surface area (Å²) in [6.07, 6.45) is 4.70. The second-order valence-electron chi connectivity index (χ2n) is 5.31. The van der Waals surface area contributed by atoms with E-state index in [4.69, 9.17) is 17.3 Å². The summed E-state index contributed by atoms with van der Waals surface area (Å²) in [6.45, 7) is 4.45. The van der Waals surface area contributed by atoms with Crippen LogP contribution in [-0.4, -0.2) is 24.0 Å². The van der Waals surface area contributed by atoms with Crippen LogP contribution >= 0.6 is 27.5 Å². The highest BCUT2D eigenvalue weighted by Gasteiger charge is 2.29. The summed E-state index contributed by atoms with van der Waals surface area (Å²) in [6, 6.07) is 6.46. The van der Waals surface area contributed by atoms with Crippen molar-refractivity contribution in [2.24, 2.45) is 5.73 Å². The zero-order valence-electron chi connectivity index (χ0n) is 11.4. The molecule has 1 heterocycles. The molecule has 2 rings (SSSR count). The summed E-state index contributed by atoms with van der Waals surface area (Å²) in [5, 5.41) is 0.783. The number of rotatable bonds is 3. The fourth-order valence-corrected chi connectivity index (χ4v) is 3.63. The lowest BCUT2D eigenvalue weighted by Crippen LogP contribution is -2.40. The van der Waals surface area contributed by atoms with E-state index < -0.39 is 0 Å². The second-order valence-corrected chi connectivity index (χ2v) is 6.60. The standard InChI is InChI=1S/C15H22BrClN2/c1-2-8-19-9-4-3-5-14(18)15(19)12-10-11(17)6-7-13(12)16/h6-7,10,14-15H,2-5,8-9,18H2,1H3. The minimum absolute atomic E-state index is 0.184. The first-order chi connectivity index (χ1) is 9.13. The highest BCUT2D eigenvalue weighted by Crippen LogP contribution is 2.35. The van der Waals surface area contributed by atoms with Crippen molar-refractivity contribution in [1.82, 2.24) is 4.90 Å². The quantitative estimate of drug-likeness (QED) is 0.881. The summed E-state index contributed by atoms with van der Waals surface area (Å²) in [4.78, 5) is 2.52. The van der Waals surface area contributed by atoms with Gasteiger partial charge in [-0.25, -0.2) is 0 Å². The first-order valence-electron chi connectivity index (χ1n) is 7.08. The van der Waals surface area contributed by atoms with Crippen molar-refractivity contribution in [1.29, 1.82) is 0 Å². The number of likely N-dealkylation sites (tertiary alicyclic amines) is 1. The second kappa shape index (κ2) is 7.07. The molecule has 1 aliphatic rings. The minimum Gasteiger partial charge on any atom is -0.326 e. The Morgan fingerprint density at radius 1 is 1.42 bits per heavy atom. The van der Waals surface area contributed by atoms with Crippen molar-refractivity contribution in [2.75, 3.05) is 13.1 Å². The van der Waals surface area contributed by atoms with Gasteiger partial charge in [-0.3, -0.25) is 4.90 Å². The van der Waals surface area contributed by atoms with E-state index in [-0.39, 0.29) is 12.1 Å². The van der Waals surface area contributed by atoms with E-state index in [2.05, 4.69) is 33.8 Å². The third-order valence-corrected chi connectivity index (χ3v) is 4.78. The van der Waals surface area contributed by atoms with Crippen LogP contribution in [0.25, 0.3) is 0 Å². The molecule has 2 unspecified atom stereocenters. The predicted octanol–water partition coefficient (Wildman–Crippen LogP) is 4.37. The maximum atomic E-state index is 6.45. The first kappa shape index (κ1) is 15.3. The van der Waals surface area contributed by atoms with Gasteiger partial charge in [0.2, 0.25) is 0 Å². The van der Waals surface area contributed by atoms with Crippen molar-refractivity contribution in [3.05, 3.63) is 33.3 Å². The molecule has 0 amide bonds. The number of hydrogen-bond acceptors (Lipinski definition) is 2. The summed E-state index contributed by atoms with van der Waals surface area (Å²) in [5.41, 5.74) is 7.68. The van der Waals surface area contributed by atoms with Gasteiger partial charge in [-0.15, -0.1) is 0 Å². The molecule has 19 heavy (non-hydrogen) atoms. The number of hydrogen-bond donors (Lipinski definition) is 1. The summed E-state index contributed by atoms with van der Waals surface area (Å²) in [7, 11) is 0. The SMILES string of the molecule is CCCN1CCCCC(N)C1c1cc(Cl)ccc1Br. The summed E-state index contributed by atoms with van der Waals surface area (Å²) < 4.78 is 1.11. The molecule has 2 nitrogen and oxygen atoms in total. The van der Waals surface area contributed by atoms with Gasteiger partial charge in [0.15, 0.2) is 0 Å². The van der Waals surface area contributed by atoms with Crippen LogP contribution in [0.5, 0.6) is 0 Å². The number of nitrogens with zero attached hydrogens (tertiary/aromatic N) is 1. The van der Waals surface area contributed by atoms with Crippen LogP contribution in [0.15, 0.2) is 22.7 Å². The number of benzene rings is 1. The molecule has 1 aromatic rings. The molecular formula is C15H22BrClN2. The molecule has 106 valence electrons. The first-order valence-corrected chi connectivity index (χ1v) is 8.25. The largest absolute Gasteiger partial charge is 0.326 e. The van der Waals surface area contributed by atoms with Gasteiger partial charge in [0.1, 0.15) is 0 Å². The molecule has 1 fully saturated rings. The Labute approximate surface area is 129 Å². The van der Waals surface area contributed by atoms with Crippen molar-refractivity contribution in [3.63, 3.8) is 0 Å². The molecule has 1 aromatic carbocycles. The van der Waals surface area contributed by atoms with Crippen LogP contribution < -0.4 is 5.73 Å². The molecule has 0 bridgehead atoms. The fourth-order valence-electron chi connectivity index (χ4n) is 2.97. The monoisotopic (exact) mass is 344 g/mol. The van der Waals surface area contributed by atoms with Gasteiger partial charge in [0, 0.05) is 15.5 Å². The van der Waals surface area contributed by atoms with Crippen LogP contribution in [0.3, 0.4) is 0 Å². The van der Waals surface area contributed by atoms with Crippen LogP contribution in [0, 0.1) is 0 Å². The Hall–Kier alpha value is -0.0900. The molecular weight excluding hydrogens is 324 g/mol. The van der Waals surface area contributed by atoms with Gasteiger partial charge in [0.25, 0.3) is 0 Å². The third kappa shape index (κ3) is 3.72. The molecule has 1 saturated heterocycles. The van der Waals surface area contributed by atoms with E-state index in [1.807, 2.05) is 12.1 Å². The molecule has 2 atom stereocenters. The fraction of sp³-hybridized carbons (Fsp3) is 0.600. The summed E-state index contributed by atoms with van der Waals surface area (Å²) >= 11 is 9.83. The van der Waals surface area contributed by atoms with Gasteiger partial charge in [-0.1, -0.05) is 40.9 Å². The zero-order chi connectivity index (χ0) is 13.8. The molecule has 1 aliphatic heterocycles. The molecule has 4 heteroatoms. The van der Waals surface area contributed by atoms with Crippen LogP contribution in [0.1, 0.15) is 44.2 Å². The molecule has 0 saturated carbocycles. The lowest BCUT2D eigenvalue weighted by molar-refractivity contribution is 0.185. The minimum atomic E-state index is 0.184. The van der Waals surface area contributed by atoms with Gasteiger partial charge in [-0.05, 0) is 56.1 Å². The smallest absolute Gasteiger partial charge is 0.0510 e. The summed E-state index contributed by atoms with van der Waals surface area (Å²) in [5.74, 6) is 0. The maximum absolute atomic E-state index is 6.45. The molecule has 0 aromatic heterocycles. The van der Waals surface area contributed by atoms with Crippen molar-refractivity contribution >= 4 is 27.5 Å². The maximum Gasteiger partial charge on any atom is 0.0510 e. The number of nitrogens with two attached hydrogens (primary N) is 1. The Morgan fingerprint density at radius 2 is 2.21 bits per heavy atom. The Bertz CT molecular complexity index is 425. The van der Waals surface area contributed by atoms with Gasteiger partial charge in [-0.2, -0.15) is 0 Å². The van der Waals surface area contributed by atoms with Crippen molar-refractivity contribution < 1.29 is 0 Å². The van der Waals surface area contributed by atoms with Crippen LogP contribution in [-0.2, 0) is 0 Å². The van der Waals surface area contributed by atoms with Crippen LogP contribution in [0.4, 0.5) is 0 Å². The highest BCUT2D eigenvalue weighted by atomic mass is 79.9. The van der Waals surface area contributed by atoms with E-state index in [0.717, 1.165) is 35.4 Å². The predicted molar refractivity (Wildman–Crippen MR) is 85.6 cm³/mol. The topological polar surface area (TPSA) is 29.3 Å². The molecule has 0 spiro atoms. The highest BCUT2D eigenvalue weighted by molar-refractivity contribution is 9.10. The Morgan fingerprint density at radius 3 is 2.95 bits per heavy atom. The lowest BCUT2D eigenvalue weighted by atomic mass is 9.96. The van der Waals surface area contributed by atoms with E-state index in [1.54, 1.807) is 0 Å². The van der Waals surface area contributed by atoms with Gasteiger partial charge >= 0.3 is 0 Å². The average Bonchev–Trinajstić information content (AvgIpc) is 2.55. The average molecular weight is 346 g/mol. The van der Waals surface area contributed by atoms with E-state index >= 15 is 0 Å². The van der Waals surface area contributed by atoms with Crippen molar-refractivity contribution in [3.8, 4) is 0 Å². The van der Waals surface area contributed by atoms with E-state index in [0.29, 0.717) is 0 Å². The molecule has 2 N–H and O–H groups in total. The van der Waals surface area contributed by atoms with Gasteiger partial charge < -0.3 is 5.73 Å². The molecule has 0 radical (unpaired) electrons. The van der Waals surface area contributed by atoms with Crippen LogP contribution in [0.2, 0.25) is 5.02 Å². The normalized spacial score (nSPS) is 25.3. The van der Waals surface area contributed by atoms with E-state index in [1.165, 1.54) is 18.4 Å². The number of halogens is 2. The van der Waals surface area contributed by atoms with Crippen molar-refractivity contribution in [2.45, 2.75) is 44.7 Å². The molecule has 0 aliphatic carbocycles. The zero-order valence-corrected chi connectivity index (χ0v) is 13.8. The Balaban J connectivity index is 2.36.